The molecule has 1 atom stereocenters. The lowest BCUT2D eigenvalue weighted by Crippen LogP contribution is -2.19. The van der Waals surface area contributed by atoms with E-state index in [1.807, 2.05) is 20.8 Å². The van der Waals surface area contributed by atoms with Crippen LogP contribution < -0.4 is 11.1 Å². The third-order valence-electron chi connectivity index (χ3n) is 2.49. The average molecular weight is 224 g/mol. The highest BCUT2D eigenvalue weighted by atomic mass is 16.3. The number of aromatic nitrogens is 2. The van der Waals surface area contributed by atoms with Crippen LogP contribution in [-0.4, -0.2) is 27.7 Å². The minimum atomic E-state index is 0.161. The Balaban J connectivity index is 2.89. The van der Waals surface area contributed by atoms with Crippen LogP contribution in [0.25, 0.3) is 0 Å². The van der Waals surface area contributed by atoms with E-state index >= 15 is 0 Å². The first-order chi connectivity index (χ1) is 7.58. The zero-order valence-electron chi connectivity index (χ0n) is 10.1. The van der Waals surface area contributed by atoms with Gasteiger partial charge in [-0.3, -0.25) is 0 Å². The number of nitrogens with two attached hydrogens (primary N) is 1. The Morgan fingerprint density at radius 3 is 2.69 bits per heavy atom. The summed E-state index contributed by atoms with van der Waals surface area (Å²) in [7, 11) is 0. The third-order valence-corrected chi connectivity index (χ3v) is 2.49. The maximum absolute atomic E-state index is 8.84. The van der Waals surface area contributed by atoms with Crippen molar-refractivity contribution in [3.8, 4) is 0 Å². The Kier molecular flexibility index (Phi) is 4.49. The van der Waals surface area contributed by atoms with E-state index in [0.29, 0.717) is 12.2 Å². The molecule has 0 bridgehead atoms. The summed E-state index contributed by atoms with van der Waals surface area (Å²) in [5.74, 6) is 2.03. The number of aryl methyl sites for hydroxylation is 1. The van der Waals surface area contributed by atoms with Crippen LogP contribution >= 0.6 is 0 Å². The SMILES string of the molecule is CCc1nc(N)c(C)c(NC(C)CCO)n1. The number of hydrogen-bond donors (Lipinski definition) is 3. The van der Waals surface area contributed by atoms with Gasteiger partial charge < -0.3 is 16.2 Å². The molecular weight excluding hydrogens is 204 g/mol. The average Bonchev–Trinajstić information content (AvgIpc) is 2.24. The summed E-state index contributed by atoms with van der Waals surface area (Å²) in [4.78, 5) is 8.57. The third kappa shape index (κ3) is 3.06. The summed E-state index contributed by atoms with van der Waals surface area (Å²) < 4.78 is 0. The van der Waals surface area contributed by atoms with Crippen molar-refractivity contribution in [1.29, 1.82) is 0 Å². The van der Waals surface area contributed by atoms with Crippen molar-refractivity contribution < 1.29 is 5.11 Å². The molecule has 1 aromatic heterocycles. The predicted molar refractivity (Wildman–Crippen MR) is 65.3 cm³/mol. The smallest absolute Gasteiger partial charge is 0.134 e. The molecule has 90 valence electrons. The number of nitrogen functional groups attached to an aromatic ring is 1. The van der Waals surface area contributed by atoms with Gasteiger partial charge in [0.25, 0.3) is 0 Å². The quantitative estimate of drug-likeness (QED) is 0.697. The molecule has 16 heavy (non-hydrogen) atoms. The topological polar surface area (TPSA) is 84.1 Å². The van der Waals surface area contributed by atoms with E-state index in [1.54, 1.807) is 0 Å². The molecule has 1 aromatic rings. The Morgan fingerprint density at radius 1 is 1.44 bits per heavy atom. The molecule has 0 spiro atoms. The first-order valence-corrected chi connectivity index (χ1v) is 5.58. The molecule has 0 aliphatic heterocycles. The van der Waals surface area contributed by atoms with Crippen molar-refractivity contribution in [2.45, 2.75) is 39.7 Å². The van der Waals surface area contributed by atoms with Gasteiger partial charge in [-0.15, -0.1) is 0 Å². The number of anilines is 2. The fraction of sp³-hybridized carbons (Fsp3) is 0.636. The van der Waals surface area contributed by atoms with Crippen LogP contribution in [0.3, 0.4) is 0 Å². The minimum absolute atomic E-state index is 0.161. The van der Waals surface area contributed by atoms with Gasteiger partial charge in [0.05, 0.1) is 0 Å². The van der Waals surface area contributed by atoms with Crippen molar-refractivity contribution in [1.82, 2.24) is 9.97 Å². The molecule has 5 heteroatoms. The zero-order valence-corrected chi connectivity index (χ0v) is 10.1. The molecule has 1 unspecified atom stereocenters. The predicted octanol–water partition coefficient (Wildman–Crippen LogP) is 1.11. The number of rotatable bonds is 5. The van der Waals surface area contributed by atoms with Crippen LogP contribution in [0.5, 0.6) is 0 Å². The van der Waals surface area contributed by atoms with Gasteiger partial charge in [-0.1, -0.05) is 6.92 Å². The summed E-state index contributed by atoms with van der Waals surface area (Å²) in [6.45, 7) is 6.04. The summed E-state index contributed by atoms with van der Waals surface area (Å²) >= 11 is 0. The first-order valence-electron chi connectivity index (χ1n) is 5.58. The van der Waals surface area contributed by atoms with Crippen molar-refractivity contribution in [2.24, 2.45) is 0 Å². The van der Waals surface area contributed by atoms with Crippen molar-refractivity contribution in [3.05, 3.63) is 11.4 Å². The van der Waals surface area contributed by atoms with Crippen LogP contribution in [0, 0.1) is 6.92 Å². The lowest BCUT2D eigenvalue weighted by Gasteiger charge is -2.16. The van der Waals surface area contributed by atoms with E-state index in [0.717, 1.165) is 23.6 Å². The van der Waals surface area contributed by atoms with Crippen LogP contribution in [0.1, 0.15) is 31.7 Å². The molecule has 0 aliphatic carbocycles. The van der Waals surface area contributed by atoms with Gasteiger partial charge in [0.15, 0.2) is 0 Å². The van der Waals surface area contributed by atoms with Crippen molar-refractivity contribution in [2.75, 3.05) is 17.7 Å². The number of nitrogens with zero attached hydrogens (tertiary/aromatic N) is 2. The molecule has 0 aromatic carbocycles. The van der Waals surface area contributed by atoms with E-state index < -0.39 is 0 Å². The van der Waals surface area contributed by atoms with Crippen molar-refractivity contribution in [3.63, 3.8) is 0 Å². The molecule has 0 saturated heterocycles. The van der Waals surface area contributed by atoms with Crippen LogP contribution in [0.2, 0.25) is 0 Å². The van der Waals surface area contributed by atoms with Gasteiger partial charge in [-0.25, -0.2) is 9.97 Å². The normalized spacial score (nSPS) is 12.5. The Bertz CT molecular complexity index is 354. The minimum Gasteiger partial charge on any atom is -0.396 e. The highest BCUT2D eigenvalue weighted by molar-refractivity contribution is 5.55. The lowest BCUT2D eigenvalue weighted by atomic mass is 10.2. The summed E-state index contributed by atoms with van der Waals surface area (Å²) in [6, 6.07) is 0.169. The van der Waals surface area contributed by atoms with E-state index in [4.69, 9.17) is 10.8 Å². The largest absolute Gasteiger partial charge is 0.396 e. The standard InChI is InChI=1S/C11H20N4O/c1-4-9-14-10(12)8(3)11(15-9)13-7(2)5-6-16/h7,16H,4-6H2,1-3H3,(H3,12,13,14,15). The van der Waals surface area contributed by atoms with E-state index in [2.05, 4.69) is 15.3 Å². The Labute approximate surface area is 96.1 Å². The molecule has 0 saturated carbocycles. The number of aliphatic hydroxyl groups is 1. The van der Waals surface area contributed by atoms with Gasteiger partial charge in [0.2, 0.25) is 0 Å². The van der Waals surface area contributed by atoms with E-state index in [-0.39, 0.29) is 12.6 Å². The first kappa shape index (κ1) is 12.7. The molecular formula is C11H20N4O. The second-order valence-electron chi connectivity index (χ2n) is 3.91. The van der Waals surface area contributed by atoms with E-state index in [9.17, 15) is 0 Å². The zero-order chi connectivity index (χ0) is 12.1. The van der Waals surface area contributed by atoms with Gasteiger partial charge in [-0.2, -0.15) is 0 Å². The monoisotopic (exact) mass is 224 g/mol. The van der Waals surface area contributed by atoms with Gasteiger partial charge in [-0.05, 0) is 20.3 Å². The molecule has 4 N–H and O–H groups in total. The van der Waals surface area contributed by atoms with Gasteiger partial charge in [0.1, 0.15) is 17.5 Å². The summed E-state index contributed by atoms with van der Waals surface area (Å²) in [6.07, 6.45) is 1.44. The highest BCUT2D eigenvalue weighted by Gasteiger charge is 2.10. The summed E-state index contributed by atoms with van der Waals surface area (Å²) in [5, 5.41) is 12.1. The van der Waals surface area contributed by atoms with Crippen LogP contribution in [0.4, 0.5) is 11.6 Å². The fourth-order valence-corrected chi connectivity index (χ4v) is 1.38. The molecule has 5 nitrogen and oxygen atoms in total. The molecule has 0 aliphatic rings. The second kappa shape index (κ2) is 5.65. The van der Waals surface area contributed by atoms with Gasteiger partial charge in [0, 0.05) is 24.6 Å². The molecule has 0 radical (unpaired) electrons. The fourth-order valence-electron chi connectivity index (χ4n) is 1.38. The molecule has 1 rings (SSSR count). The maximum atomic E-state index is 8.84. The Morgan fingerprint density at radius 2 is 2.12 bits per heavy atom. The maximum Gasteiger partial charge on any atom is 0.134 e. The van der Waals surface area contributed by atoms with Crippen molar-refractivity contribution >= 4 is 11.6 Å². The van der Waals surface area contributed by atoms with Crippen LogP contribution in [0.15, 0.2) is 0 Å². The van der Waals surface area contributed by atoms with Crippen LogP contribution in [-0.2, 0) is 6.42 Å². The molecule has 0 fully saturated rings. The highest BCUT2D eigenvalue weighted by Crippen LogP contribution is 2.18. The molecule has 0 amide bonds. The summed E-state index contributed by atoms with van der Waals surface area (Å²) in [5.41, 5.74) is 6.67. The second-order valence-corrected chi connectivity index (χ2v) is 3.91. The number of nitrogens with one attached hydrogen (secondary N) is 1. The van der Waals surface area contributed by atoms with E-state index in [1.165, 1.54) is 0 Å². The number of aliphatic hydroxyl groups excluding tert-OH is 1. The van der Waals surface area contributed by atoms with Gasteiger partial charge >= 0.3 is 0 Å². The lowest BCUT2D eigenvalue weighted by molar-refractivity contribution is 0.282. The number of hydrogen-bond acceptors (Lipinski definition) is 5. The molecule has 1 heterocycles. The Hall–Kier alpha value is -1.36.